The lowest BCUT2D eigenvalue weighted by molar-refractivity contribution is 0.165. The van der Waals surface area contributed by atoms with Crippen LogP contribution in [0.25, 0.3) is 0 Å². The Morgan fingerprint density at radius 3 is 2.88 bits per heavy atom. The van der Waals surface area contributed by atoms with Crippen molar-refractivity contribution in [3.8, 4) is 11.5 Å². The van der Waals surface area contributed by atoms with E-state index >= 15 is 0 Å². The van der Waals surface area contributed by atoms with Gasteiger partial charge in [0.05, 0.1) is 23.2 Å². The SMILES string of the molecule is NC(CO)c1c(F)c(Cl)cc2c1OCCO2. The van der Waals surface area contributed by atoms with Crippen LogP contribution < -0.4 is 15.2 Å². The quantitative estimate of drug-likeness (QED) is 0.825. The van der Waals surface area contributed by atoms with Crippen molar-refractivity contribution in [1.29, 1.82) is 0 Å². The van der Waals surface area contributed by atoms with Crippen LogP contribution in [0.4, 0.5) is 4.39 Å². The fourth-order valence-electron chi connectivity index (χ4n) is 1.58. The molecule has 0 radical (unpaired) electrons. The molecule has 0 aliphatic carbocycles. The minimum absolute atomic E-state index is 0.0599. The standard InChI is InChI=1S/C10H11ClFNO3/c11-5-3-7-10(16-2-1-15-7)8(9(5)12)6(13)4-14/h3,6,14H,1-2,4,13H2. The molecule has 2 rings (SSSR count). The first kappa shape index (κ1) is 11.4. The molecule has 1 heterocycles. The number of aliphatic hydroxyl groups is 1. The summed E-state index contributed by atoms with van der Waals surface area (Å²) in [5.41, 5.74) is 5.66. The molecule has 0 fully saturated rings. The molecule has 6 heteroatoms. The molecule has 1 aromatic rings. The number of hydrogen-bond donors (Lipinski definition) is 2. The van der Waals surface area contributed by atoms with Gasteiger partial charge in [0.1, 0.15) is 13.2 Å². The molecule has 4 nitrogen and oxygen atoms in total. The third kappa shape index (κ3) is 1.81. The summed E-state index contributed by atoms with van der Waals surface area (Å²) < 4.78 is 24.3. The Balaban J connectivity index is 2.59. The van der Waals surface area contributed by atoms with E-state index in [4.69, 9.17) is 31.9 Å². The predicted octanol–water partition coefficient (Wildman–Crippen LogP) is 1.24. The van der Waals surface area contributed by atoms with Crippen LogP contribution in [-0.2, 0) is 0 Å². The molecule has 0 amide bonds. The van der Waals surface area contributed by atoms with Crippen molar-refractivity contribution in [1.82, 2.24) is 0 Å². The van der Waals surface area contributed by atoms with Crippen molar-refractivity contribution in [3.63, 3.8) is 0 Å². The summed E-state index contributed by atoms with van der Waals surface area (Å²) in [6, 6.07) is 0.466. The third-order valence-corrected chi connectivity index (χ3v) is 2.60. The second-order valence-electron chi connectivity index (χ2n) is 3.40. The Labute approximate surface area is 96.7 Å². The maximum absolute atomic E-state index is 13.8. The van der Waals surface area contributed by atoms with E-state index in [0.29, 0.717) is 19.0 Å². The zero-order valence-electron chi connectivity index (χ0n) is 8.37. The third-order valence-electron chi connectivity index (χ3n) is 2.33. The molecular formula is C10H11ClFNO3. The van der Waals surface area contributed by atoms with Gasteiger partial charge in [0, 0.05) is 6.07 Å². The molecule has 3 N–H and O–H groups in total. The summed E-state index contributed by atoms with van der Waals surface area (Å²) in [5.74, 6) is -0.0845. The Hall–Kier alpha value is -1.04. The maximum atomic E-state index is 13.8. The van der Waals surface area contributed by atoms with E-state index in [1.165, 1.54) is 6.07 Å². The molecule has 0 saturated carbocycles. The summed E-state index contributed by atoms with van der Waals surface area (Å²) in [5, 5.41) is 8.88. The molecular weight excluding hydrogens is 237 g/mol. The van der Waals surface area contributed by atoms with E-state index in [0.717, 1.165) is 0 Å². The van der Waals surface area contributed by atoms with E-state index in [-0.39, 0.29) is 16.3 Å². The highest BCUT2D eigenvalue weighted by atomic mass is 35.5. The average molecular weight is 248 g/mol. The fraction of sp³-hybridized carbons (Fsp3) is 0.400. The summed E-state index contributed by atoms with van der Waals surface area (Å²) in [6.07, 6.45) is 0. The van der Waals surface area contributed by atoms with Crippen LogP contribution in [-0.4, -0.2) is 24.9 Å². The minimum atomic E-state index is -0.880. The van der Waals surface area contributed by atoms with Gasteiger partial charge in [-0.25, -0.2) is 4.39 Å². The van der Waals surface area contributed by atoms with Crippen LogP contribution in [0, 0.1) is 5.82 Å². The number of ether oxygens (including phenoxy) is 2. The number of nitrogens with two attached hydrogens (primary N) is 1. The van der Waals surface area contributed by atoms with E-state index < -0.39 is 18.5 Å². The second-order valence-corrected chi connectivity index (χ2v) is 3.81. The fourth-order valence-corrected chi connectivity index (χ4v) is 1.78. The second kappa shape index (κ2) is 4.45. The minimum Gasteiger partial charge on any atom is -0.486 e. The molecule has 1 aromatic carbocycles. The molecule has 0 aromatic heterocycles. The Kier molecular flexibility index (Phi) is 3.18. The van der Waals surface area contributed by atoms with Gasteiger partial charge >= 0.3 is 0 Å². The highest BCUT2D eigenvalue weighted by molar-refractivity contribution is 6.31. The molecule has 0 saturated heterocycles. The van der Waals surface area contributed by atoms with Crippen molar-refractivity contribution in [2.75, 3.05) is 19.8 Å². The highest BCUT2D eigenvalue weighted by Gasteiger charge is 2.26. The topological polar surface area (TPSA) is 64.7 Å². The van der Waals surface area contributed by atoms with E-state index in [1.807, 2.05) is 0 Å². The van der Waals surface area contributed by atoms with Crippen molar-refractivity contribution in [3.05, 3.63) is 22.5 Å². The lowest BCUT2D eigenvalue weighted by Crippen LogP contribution is -2.22. The normalized spacial score (nSPS) is 16.0. The smallest absolute Gasteiger partial charge is 0.169 e. The molecule has 1 unspecified atom stereocenters. The number of halogens is 2. The summed E-state index contributed by atoms with van der Waals surface area (Å²) in [4.78, 5) is 0. The molecule has 0 spiro atoms. The molecule has 16 heavy (non-hydrogen) atoms. The lowest BCUT2D eigenvalue weighted by Gasteiger charge is -2.24. The summed E-state index contributed by atoms with van der Waals surface area (Å²) in [7, 11) is 0. The van der Waals surface area contributed by atoms with Crippen molar-refractivity contribution >= 4 is 11.6 Å². The van der Waals surface area contributed by atoms with Crippen LogP contribution in [0.5, 0.6) is 11.5 Å². The van der Waals surface area contributed by atoms with Gasteiger partial charge in [-0.3, -0.25) is 0 Å². The predicted molar refractivity (Wildman–Crippen MR) is 56.4 cm³/mol. The van der Waals surface area contributed by atoms with Gasteiger partial charge in [-0.15, -0.1) is 0 Å². The molecule has 1 aliphatic heterocycles. The van der Waals surface area contributed by atoms with Gasteiger partial charge in [0.2, 0.25) is 0 Å². The Bertz CT molecular complexity index is 414. The van der Waals surface area contributed by atoms with Gasteiger partial charge in [-0.2, -0.15) is 0 Å². The number of benzene rings is 1. The first-order valence-corrected chi connectivity index (χ1v) is 5.17. The number of fused-ring (bicyclic) bond motifs is 1. The zero-order chi connectivity index (χ0) is 11.7. The van der Waals surface area contributed by atoms with Crippen LogP contribution in [0.15, 0.2) is 6.07 Å². The van der Waals surface area contributed by atoms with Gasteiger partial charge in [-0.05, 0) is 0 Å². The highest BCUT2D eigenvalue weighted by Crippen LogP contribution is 2.41. The van der Waals surface area contributed by atoms with Crippen LogP contribution in [0.3, 0.4) is 0 Å². The van der Waals surface area contributed by atoms with Gasteiger partial charge in [0.25, 0.3) is 0 Å². The molecule has 0 bridgehead atoms. The Morgan fingerprint density at radius 2 is 2.19 bits per heavy atom. The largest absolute Gasteiger partial charge is 0.486 e. The van der Waals surface area contributed by atoms with Crippen LogP contribution in [0.1, 0.15) is 11.6 Å². The molecule has 1 aliphatic rings. The summed E-state index contributed by atoms with van der Waals surface area (Å²) in [6.45, 7) is 0.301. The van der Waals surface area contributed by atoms with Crippen molar-refractivity contribution in [2.45, 2.75) is 6.04 Å². The van der Waals surface area contributed by atoms with E-state index in [2.05, 4.69) is 0 Å². The van der Waals surface area contributed by atoms with Crippen LogP contribution in [0.2, 0.25) is 5.02 Å². The molecule has 1 atom stereocenters. The molecule has 88 valence electrons. The number of rotatable bonds is 2. The lowest BCUT2D eigenvalue weighted by atomic mass is 10.1. The van der Waals surface area contributed by atoms with Crippen LogP contribution >= 0.6 is 11.6 Å². The van der Waals surface area contributed by atoms with Gasteiger partial charge in [0.15, 0.2) is 17.3 Å². The van der Waals surface area contributed by atoms with Crippen molar-refractivity contribution < 1.29 is 19.0 Å². The van der Waals surface area contributed by atoms with Crippen molar-refractivity contribution in [2.24, 2.45) is 5.73 Å². The Morgan fingerprint density at radius 1 is 1.50 bits per heavy atom. The maximum Gasteiger partial charge on any atom is 0.169 e. The van der Waals surface area contributed by atoms with E-state index in [1.54, 1.807) is 0 Å². The van der Waals surface area contributed by atoms with Gasteiger partial charge in [-0.1, -0.05) is 11.6 Å². The first-order valence-electron chi connectivity index (χ1n) is 4.79. The number of hydrogen-bond acceptors (Lipinski definition) is 4. The zero-order valence-corrected chi connectivity index (χ0v) is 9.13. The average Bonchev–Trinajstić information content (AvgIpc) is 2.30. The number of aliphatic hydroxyl groups excluding tert-OH is 1. The monoisotopic (exact) mass is 247 g/mol. The van der Waals surface area contributed by atoms with Gasteiger partial charge < -0.3 is 20.3 Å². The first-order chi connectivity index (χ1) is 7.65. The summed E-state index contributed by atoms with van der Waals surface area (Å²) >= 11 is 5.70. The van der Waals surface area contributed by atoms with E-state index in [9.17, 15) is 4.39 Å².